The molecule has 1 aliphatic heterocycles. The fourth-order valence-corrected chi connectivity index (χ4v) is 4.38. The zero-order chi connectivity index (χ0) is 20.2. The van der Waals surface area contributed by atoms with E-state index in [1.807, 2.05) is 23.1 Å². The molecule has 1 aliphatic carbocycles. The van der Waals surface area contributed by atoms with Crippen LogP contribution in [0.2, 0.25) is 0 Å². The zero-order valence-electron chi connectivity index (χ0n) is 16.2. The number of halogens is 1. The van der Waals surface area contributed by atoms with Crippen LogP contribution < -0.4 is 5.32 Å². The van der Waals surface area contributed by atoms with Gasteiger partial charge in [-0.25, -0.2) is 4.39 Å². The van der Waals surface area contributed by atoms with Crippen molar-refractivity contribution in [3.63, 3.8) is 0 Å². The number of ether oxygens (including phenoxy) is 1. The summed E-state index contributed by atoms with van der Waals surface area (Å²) in [7, 11) is 0. The molecule has 0 bridgehead atoms. The van der Waals surface area contributed by atoms with Crippen molar-refractivity contribution in [2.75, 3.05) is 26.3 Å². The summed E-state index contributed by atoms with van der Waals surface area (Å²) in [5.74, 6) is -0.615. The molecule has 0 aromatic heterocycles. The van der Waals surface area contributed by atoms with Crippen molar-refractivity contribution in [1.82, 2.24) is 10.2 Å². The second-order valence-electron chi connectivity index (χ2n) is 7.71. The summed E-state index contributed by atoms with van der Waals surface area (Å²) in [6.07, 6.45) is 1.24. The molecule has 2 fully saturated rings. The highest BCUT2D eigenvalue weighted by atomic mass is 19.1. The summed E-state index contributed by atoms with van der Waals surface area (Å²) < 4.78 is 18.8. The second-order valence-corrected chi connectivity index (χ2v) is 7.71. The van der Waals surface area contributed by atoms with E-state index in [9.17, 15) is 14.0 Å². The Morgan fingerprint density at radius 3 is 2.34 bits per heavy atom. The number of hydrogen-bond acceptors (Lipinski definition) is 3. The Bertz CT molecular complexity index is 850. The minimum absolute atomic E-state index is 0.0491. The van der Waals surface area contributed by atoms with Gasteiger partial charge in [-0.3, -0.25) is 9.59 Å². The van der Waals surface area contributed by atoms with Crippen molar-refractivity contribution in [3.8, 4) is 0 Å². The summed E-state index contributed by atoms with van der Waals surface area (Å²) in [6.45, 7) is 2.28. The molecule has 2 aliphatic rings. The van der Waals surface area contributed by atoms with Crippen LogP contribution >= 0.6 is 0 Å². The molecule has 0 radical (unpaired) electrons. The number of morpholine rings is 1. The Morgan fingerprint density at radius 2 is 1.66 bits per heavy atom. The number of amides is 2. The lowest BCUT2D eigenvalue weighted by Crippen LogP contribution is -2.44. The molecule has 0 unspecified atom stereocenters. The average molecular weight is 396 g/mol. The second kappa shape index (κ2) is 8.74. The van der Waals surface area contributed by atoms with E-state index in [2.05, 4.69) is 5.32 Å². The van der Waals surface area contributed by atoms with Crippen LogP contribution in [0.1, 0.15) is 34.7 Å². The maximum absolute atomic E-state index is 13.4. The molecule has 29 heavy (non-hydrogen) atoms. The molecule has 0 spiro atoms. The maximum atomic E-state index is 13.4. The number of benzene rings is 2. The van der Waals surface area contributed by atoms with Crippen LogP contribution in [-0.2, 0) is 9.53 Å². The molecule has 1 saturated heterocycles. The summed E-state index contributed by atoms with van der Waals surface area (Å²) in [6, 6.07) is 15.3. The predicted octanol–water partition coefficient (Wildman–Crippen LogP) is 2.98. The lowest BCUT2D eigenvalue weighted by Gasteiger charge is -2.31. The lowest BCUT2D eigenvalue weighted by atomic mass is 9.88. The van der Waals surface area contributed by atoms with Gasteiger partial charge < -0.3 is 15.0 Å². The molecule has 2 aromatic rings. The van der Waals surface area contributed by atoms with Gasteiger partial charge in [0, 0.05) is 30.6 Å². The number of nitrogens with one attached hydrogen (secondary N) is 1. The first-order chi connectivity index (χ1) is 14.1. The van der Waals surface area contributed by atoms with Crippen molar-refractivity contribution < 1.29 is 18.7 Å². The Labute approximate surface area is 169 Å². The van der Waals surface area contributed by atoms with E-state index < -0.39 is 0 Å². The van der Waals surface area contributed by atoms with Crippen LogP contribution in [0.3, 0.4) is 0 Å². The Balaban J connectivity index is 1.52. The van der Waals surface area contributed by atoms with Crippen molar-refractivity contribution >= 4 is 11.8 Å². The first kappa shape index (κ1) is 19.6. The van der Waals surface area contributed by atoms with Crippen LogP contribution in [0, 0.1) is 11.7 Å². The topological polar surface area (TPSA) is 58.6 Å². The van der Waals surface area contributed by atoms with Gasteiger partial charge in [-0.15, -0.1) is 0 Å². The number of carbonyl (C=O) groups is 2. The molecule has 4 rings (SSSR count). The molecule has 1 heterocycles. The molecule has 2 amide bonds. The van der Waals surface area contributed by atoms with E-state index in [1.165, 1.54) is 12.1 Å². The van der Waals surface area contributed by atoms with E-state index in [-0.39, 0.29) is 35.5 Å². The smallest absolute Gasteiger partial charge is 0.251 e. The van der Waals surface area contributed by atoms with Gasteiger partial charge in [0.2, 0.25) is 5.91 Å². The molecular weight excluding hydrogens is 371 g/mol. The van der Waals surface area contributed by atoms with E-state index in [0.717, 1.165) is 5.56 Å². The van der Waals surface area contributed by atoms with Crippen molar-refractivity contribution in [3.05, 3.63) is 71.5 Å². The summed E-state index contributed by atoms with van der Waals surface area (Å²) in [4.78, 5) is 27.7. The molecule has 5 nitrogen and oxygen atoms in total. The van der Waals surface area contributed by atoms with Crippen molar-refractivity contribution in [2.24, 2.45) is 5.92 Å². The van der Waals surface area contributed by atoms with Crippen LogP contribution in [0.25, 0.3) is 0 Å². The van der Waals surface area contributed by atoms with E-state index in [4.69, 9.17) is 4.74 Å². The first-order valence-corrected chi connectivity index (χ1v) is 10.1. The Kier molecular flexibility index (Phi) is 5.90. The normalized spacial score (nSPS) is 24.3. The molecule has 1 N–H and O–H groups in total. The van der Waals surface area contributed by atoms with Gasteiger partial charge in [0.05, 0.1) is 13.2 Å². The highest BCUT2D eigenvalue weighted by Gasteiger charge is 2.42. The van der Waals surface area contributed by atoms with Crippen LogP contribution in [-0.4, -0.2) is 49.1 Å². The summed E-state index contributed by atoms with van der Waals surface area (Å²) in [5.41, 5.74) is 1.54. The molecular formula is C23H25FN2O3. The van der Waals surface area contributed by atoms with Crippen LogP contribution in [0.15, 0.2) is 54.6 Å². The van der Waals surface area contributed by atoms with Crippen molar-refractivity contribution in [1.29, 1.82) is 0 Å². The van der Waals surface area contributed by atoms with Gasteiger partial charge in [0.1, 0.15) is 5.82 Å². The minimum Gasteiger partial charge on any atom is -0.378 e. The van der Waals surface area contributed by atoms with Gasteiger partial charge in [-0.1, -0.05) is 30.3 Å². The van der Waals surface area contributed by atoms with Crippen LogP contribution in [0.4, 0.5) is 4.39 Å². The quantitative estimate of drug-likeness (QED) is 0.865. The van der Waals surface area contributed by atoms with Crippen LogP contribution in [0.5, 0.6) is 0 Å². The van der Waals surface area contributed by atoms with Crippen molar-refractivity contribution in [2.45, 2.75) is 24.8 Å². The lowest BCUT2D eigenvalue weighted by molar-refractivity contribution is -0.140. The van der Waals surface area contributed by atoms with Gasteiger partial charge >= 0.3 is 0 Å². The summed E-state index contributed by atoms with van der Waals surface area (Å²) in [5, 5.41) is 3.09. The molecule has 1 saturated carbocycles. The minimum atomic E-state index is -0.295. The largest absolute Gasteiger partial charge is 0.378 e. The molecule has 3 atom stereocenters. The van der Waals surface area contributed by atoms with Gasteiger partial charge in [-0.2, -0.15) is 0 Å². The fraction of sp³-hybridized carbons (Fsp3) is 0.391. The highest BCUT2D eigenvalue weighted by Crippen LogP contribution is 2.41. The molecule has 6 heteroatoms. The third kappa shape index (κ3) is 4.48. The van der Waals surface area contributed by atoms with Gasteiger partial charge in [0.25, 0.3) is 5.91 Å². The Hall–Kier alpha value is -2.73. The SMILES string of the molecule is O=C(N[C@@H]1C[C@H](C(=O)N2CCOCC2)[C@@H](c2ccc(F)cc2)C1)c1ccccc1. The number of nitrogens with zero attached hydrogens (tertiary/aromatic N) is 1. The third-order valence-electron chi connectivity index (χ3n) is 5.87. The number of carbonyl (C=O) groups excluding carboxylic acids is 2. The maximum Gasteiger partial charge on any atom is 0.251 e. The molecule has 2 aromatic carbocycles. The Morgan fingerprint density at radius 1 is 0.966 bits per heavy atom. The molecule has 152 valence electrons. The fourth-order valence-electron chi connectivity index (χ4n) is 4.38. The predicted molar refractivity (Wildman–Crippen MR) is 107 cm³/mol. The van der Waals surface area contributed by atoms with Gasteiger partial charge in [-0.05, 0) is 48.6 Å². The van der Waals surface area contributed by atoms with Gasteiger partial charge in [0.15, 0.2) is 0 Å². The summed E-state index contributed by atoms with van der Waals surface area (Å²) >= 11 is 0. The monoisotopic (exact) mass is 396 g/mol. The zero-order valence-corrected chi connectivity index (χ0v) is 16.2. The van der Waals surface area contributed by atoms with E-state index in [0.29, 0.717) is 44.7 Å². The van der Waals surface area contributed by atoms with E-state index in [1.54, 1.807) is 24.3 Å². The number of hydrogen-bond donors (Lipinski definition) is 1. The van der Waals surface area contributed by atoms with E-state index >= 15 is 0 Å². The average Bonchev–Trinajstić information content (AvgIpc) is 3.18. The first-order valence-electron chi connectivity index (χ1n) is 10.1. The highest BCUT2D eigenvalue weighted by molar-refractivity contribution is 5.94. The standard InChI is InChI=1S/C23H25FN2O3/c24-18-8-6-16(7-9-18)20-14-19(25-22(27)17-4-2-1-3-5-17)15-21(20)23(28)26-10-12-29-13-11-26/h1-9,19-21H,10-15H2,(H,25,27)/t19-,20+,21-/m0/s1. The third-order valence-corrected chi connectivity index (χ3v) is 5.87. The number of rotatable bonds is 4.